The molecule has 0 heterocycles. The number of aryl methyl sites for hydroxylation is 1. The third-order valence-corrected chi connectivity index (χ3v) is 3.45. The lowest BCUT2D eigenvalue weighted by molar-refractivity contribution is 0.892. The highest BCUT2D eigenvalue weighted by Gasteiger charge is 1.91. The summed E-state index contributed by atoms with van der Waals surface area (Å²) < 4.78 is 0. The predicted molar refractivity (Wildman–Crippen MR) is 63.1 cm³/mol. The summed E-state index contributed by atoms with van der Waals surface area (Å²) in [5.41, 5.74) is 1.49. The van der Waals surface area contributed by atoms with E-state index in [1.54, 1.807) is 0 Å². The fourth-order valence-electron chi connectivity index (χ4n) is 1.30. The van der Waals surface area contributed by atoms with Crippen molar-refractivity contribution in [3.63, 3.8) is 0 Å². The molecular weight excluding hydrogens is 175 g/mol. The minimum Gasteiger partial charge on any atom is -0.122 e. The van der Waals surface area contributed by atoms with Gasteiger partial charge in [-0.3, -0.25) is 0 Å². The quantitative estimate of drug-likeness (QED) is 0.478. The second-order valence-electron chi connectivity index (χ2n) is 3.34. The molecule has 0 nitrogen and oxygen atoms in total. The van der Waals surface area contributed by atoms with Crippen LogP contribution in [0.15, 0.2) is 30.3 Å². The van der Waals surface area contributed by atoms with Gasteiger partial charge in [-0.2, -0.15) is 0 Å². The zero-order valence-electron chi connectivity index (χ0n) is 8.42. The molecule has 0 radical (unpaired) electrons. The van der Waals surface area contributed by atoms with Crippen LogP contribution in [-0.2, 0) is 6.42 Å². The van der Waals surface area contributed by atoms with E-state index in [0.29, 0.717) is 0 Å². The summed E-state index contributed by atoms with van der Waals surface area (Å²) in [4.78, 5) is 0. The van der Waals surface area contributed by atoms with Crippen LogP contribution in [0.1, 0.15) is 25.3 Å². The number of rotatable bonds is 6. The molecule has 0 aromatic heterocycles. The summed E-state index contributed by atoms with van der Waals surface area (Å²) in [6, 6.07) is 10.8. The zero-order valence-corrected chi connectivity index (χ0v) is 9.42. The van der Waals surface area contributed by atoms with Crippen molar-refractivity contribution in [2.45, 2.75) is 26.2 Å². The van der Waals surface area contributed by atoms with E-state index >= 15 is 0 Å². The third kappa shape index (κ3) is 5.05. The molecule has 0 amide bonds. The van der Waals surface area contributed by atoms with Crippen LogP contribution in [0.2, 0.25) is 0 Å². The van der Waals surface area contributed by atoms with E-state index in [-0.39, 0.29) is 0 Å². The maximum absolute atomic E-state index is 2.27. The second-order valence-corrected chi connectivity index (χ2v) is 4.84. The Bertz CT molecular complexity index is 206. The Morgan fingerprint density at radius 1 is 1.08 bits per heavy atom. The van der Waals surface area contributed by atoms with Crippen molar-refractivity contribution in [2.24, 2.45) is 0 Å². The fourth-order valence-corrected chi connectivity index (χ4v) is 2.62. The Morgan fingerprint density at radius 2 is 1.85 bits per heavy atom. The minimum absolute atomic E-state index is 1.16. The van der Waals surface area contributed by atoms with Crippen molar-refractivity contribution < 1.29 is 0 Å². The largest absolute Gasteiger partial charge is 0.122 e. The van der Waals surface area contributed by atoms with Crippen molar-refractivity contribution in [1.82, 2.24) is 0 Å². The normalized spacial score (nSPS) is 11.2. The molecule has 0 spiro atoms. The SMILES string of the molecule is CCCCPCCc1ccccc1. The highest BCUT2D eigenvalue weighted by molar-refractivity contribution is 7.37. The van der Waals surface area contributed by atoms with Crippen LogP contribution in [0.25, 0.3) is 0 Å². The van der Waals surface area contributed by atoms with Crippen LogP contribution in [0, 0.1) is 0 Å². The molecule has 0 aliphatic rings. The van der Waals surface area contributed by atoms with Crippen molar-refractivity contribution >= 4 is 8.58 Å². The molecule has 1 atom stereocenters. The fraction of sp³-hybridized carbons (Fsp3) is 0.500. The number of hydrogen-bond acceptors (Lipinski definition) is 0. The molecule has 0 N–H and O–H groups in total. The average Bonchev–Trinajstić information content (AvgIpc) is 2.19. The van der Waals surface area contributed by atoms with Gasteiger partial charge in [-0.15, -0.1) is 8.58 Å². The van der Waals surface area contributed by atoms with Gasteiger partial charge in [0.05, 0.1) is 0 Å². The first-order chi connectivity index (χ1) is 6.43. The van der Waals surface area contributed by atoms with E-state index in [2.05, 4.69) is 37.3 Å². The van der Waals surface area contributed by atoms with Crippen LogP contribution in [-0.4, -0.2) is 12.3 Å². The zero-order chi connectivity index (χ0) is 9.36. The molecule has 1 unspecified atom stereocenters. The third-order valence-electron chi connectivity index (χ3n) is 2.14. The highest BCUT2D eigenvalue weighted by Crippen LogP contribution is 2.14. The minimum atomic E-state index is 1.16. The molecule has 0 saturated carbocycles. The lowest BCUT2D eigenvalue weighted by Gasteiger charge is -2.00. The molecule has 1 rings (SSSR count). The molecule has 0 fully saturated rings. The van der Waals surface area contributed by atoms with Gasteiger partial charge in [-0.05, 0) is 30.7 Å². The summed E-state index contributed by atoms with van der Waals surface area (Å²) in [6.07, 6.45) is 6.84. The number of unbranched alkanes of at least 4 members (excludes halogenated alkanes) is 1. The summed E-state index contributed by atoms with van der Waals surface area (Å²) >= 11 is 0. The molecular formula is C12H19P. The molecule has 1 aromatic carbocycles. The van der Waals surface area contributed by atoms with Crippen LogP contribution in [0.5, 0.6) is 0 Å². The molecule has 0 bridgehead atoms. The van der Waals surface area contributed by atoms with Crippen molar-refractivity contribution in [1.29, 1.82) is 0 Å². The molecule has 0 saturated heterocycles. The van der Waals surface area contributed by atoms with Gasteiger partial charge in [0.15, 0.2) is 0 Å². The first-order valence-corrected chi connectivity index (χ1v) is 6.59. The van der Waals surface area contributed by atoms with Gasteiger partial charge < -0.3 is 0 Å². The Kier molecular flexibility index (Phi) is 5.85. The maximum Gasteiger partial charge on any atom is -0.0242 e. The van der Waals surface area contributed by atoms with Gasteiger partial charge >= 0.3 is 0 Å². The lowest BCUT2D eigenvalue weighted by atomic mass is 10.2. The van der Waals surface area contributed by atoms with E-state index in [4.69, 9.17) is 0 Å². The van der Waals surface area contributed by atoms with Crippen LogP contribution >= 0.6 is 8.58 Å². The number of benzene rings is 1. The van der Waals surface area contributed by atoms with E-state index in [0.717, 1.165) is 8.58 Å². The van der Waals surface area contributed by atoms with Crippen LogP contribution in [0.4, 0.5) is 0 Å². The van der Waals surface area contributed by atoms with E-state index in [9.17, 15) is 0 Å². The molecule has 0 aliphatic heterocycles. The highest BCUT2D eigenvalue weighted by atomic mass is 31.1. The summed E-state index contributed by atoms with van der Waals surface area (Å²) in [5.74, 6) is 0. The van der Waals surface area contributed by atoms with Crippen molar-refractivity contribution in [3.8, 4) is 0 Å². The van der Waals surface area contributed by atoms with Crippen molar-refractivity contribution in [3.05, 3.63) is 35.9 Å². The maximum atomic E-state index is 2.27. The Labute approximate surface area is 83.5 Å². The monoisotopic (exact) mass is 194 g/mol. The second kappa shape index (κ2) is 7.09. The first-order valence-electron chi connectivity index (χ1n) is 5.18. The number of hydrogen-bond donors (Lipinski definition) is 0. The first kappa shape index (κ1) is 10.7. The van der Waals surface area contributed by atoms with E-state index < -0.39 is 0 Å². The molecule has 72 valence electrons. The van der Waals surface area contributed by atoms with E-state index in [1.807, 2.05) is 0 Å². The molecule has 0 aliphatic carbocycles. The summed E-state index contributed by atoms with van der Waals surface area (Å²) in [6.45, 7) is 2.27. The van der Waals surface area contributed by atoms with E-state index in [1.165, 1.54) is 37.1 Å². The smallest absolute Gasteiger partial charge is 0.0242 e. The van der Waals surface area contributed by atoms with Gasteiger partial charge in [0.1, 0.15) is 0 Å². The summed E-state index contributed by atoms with van der Waals surface area (Å²) in [5, 5.41) is 0. The molecule has 1 aromatic rings. The lowest BCUT2D eigenvalue weighted by Crippen LogP contribution is -1.87. The molecule has 1 heteroatoms. The topological polar surface area (TPSA) is 0 Å². The summed E-state index contributed by atoms with van der Waals surface area (Å²) in [7, 11) is 1.16. The van der Waals surface area contributed by atoms with Gasteiger partial charge in [-0.25, -0.2) is 0 Å². The Hall–Kier alpha value is -0.350. The van der Waals surface area contributed by atoms with Gasteiger partial charge in [-0.1, -0.05) is 43.7 Å². The predicted octanol–water partition coefficient (Wildman–Crippen LogP) is 3.71. The molecule has 13 heavy (non-hydrogen) atoms. The standard InChI is InChI=1S/C12H19P/c1-2-3-10-13-11-9-12-7-5-4-6-8-12/h4-8,13H,2-3,9-11H2,1H3. The van der Waals surface area contributed by atoms with Gasteiger partial charge in [0.25, 0.3) is 0 Å². The van der Waals surface area contributed by atoms with Gasteiger partial charge in [0, 0.05) is 0 Å². The van der Waals surface area contributed by atoms with Crippen LogP contribution < -0.4 is 0 Å². The average molecular weight is 194 g/mol. The van der Waals surface area contributed by atoms with Crippen LogP contribution in [0.3, 0.4) is 0 Å². The Morgan fingerprint density at radius 3 is 2.54 bits per heavy atom. The Balaban J connectivity index is 2.07. The van der Waals surface area contributed by atoms with Gasteiger partial charge in [0.2, 0.25) is 0 Å². The van der Waals surface area contributed by atoms with Crippen molar-refractivity contribution in [2.75, 3.05) is 12.3 Å².